The molecule has 0 radical (unpaired) electrons. The van der Waals surface area contributed by atoms with Crippen molar-refractivity contribution < 1.29 is 8.83 Å². The van der Waals surface area contributed by atoms with Crippen LogP contribution in [0.1, 0.15) is 51.7 Å². The van der Waals surface area contributed by atoms with Gasteiger partial charge >= 0.3 is 0 Å². The molecule has 1 aliphatic carbocycles. The summed E-state index contributed by atoms with van der Waals surface area (Å²) in [6, 6.07) is 51.3. The maximum Gasteiger partial charge on any atom is 0.141 e. The monoisotopic (exact) mass is 696 g/mol. The van der Waals surface area contributed by atoms with Crippen molar-refractivity contribution in [1.29, 1.82) is 0 Å². The molecule has 8 aromatic carbocycles. The molecule has 2 heterocycles. The first-order valence-electron chi connectivity index (χ1n) is 19.2. The molecule has 2 heteroatoms. The summed E-state index contributed by atoms with van der Waals surface area (Å²) in [7, 11) is 0. The van der Waals surface area contributed by atoms with Gasteiger partial charge in [-0.1, -0.05) is 131 Å². The first-order chi connectivity index (χ1) is 26.3. The lowest BCUT2D eigenvalue weighted by Gasteiger charge is -2.43. The molecule has 0 fully saturated rings. The molecule has 0 N–H and O–H groups in total. The average molecular weight is 697 g/mol. The summed E-state index contributed by atoms with van der Waals surface area (Å²) in [4.78, 5) is 0. The van der Waals surface area contributed by atoms with Crippen LogP contribution in [0.15, 0.2) is 155 Å². The minimum atomic E-state index is 0.0577. The Labute approximate surface area is 314 Å². The molecule has 0 saturated carbocycles. The number of benzene rings is 8. The SMILES string of the molecule is CC1(C)CCC(C)(C)c2c(-c3cc4ccoc4c4ccc(-c5c6ccccc6c(-c6cccc7oc8ccccc8c67)c6ccccc56)cc34)cccc21. The highest BCUT2D eigenvalue weighted by Crippen LogP contribution is 2.52. The van der Waals surface area contributed by atoms with Crippen LogP contribution in [0, 0.1) is 0 Å². The molecule has 260 valence electrons. The second kappa shape index (κ2) is 11.2. The van der Waals surface area contributed by atoms with Gasteiger partial charge in [0, 0.05) is 21.5 Å². The van der Waals surface area contributed by atoms with E-state index in [0.29, 0.717) is 0 Å². The Morgan fingerprint density at radius 3 is 1.85 bits per heavy atom. The van der Waals surface area contributed by atoms with E-state index in [1.165, 1.54) is 77.9 Å². The van der Waals surface area contributed by atoms with Gasteiger partial charge in [0.25, 0.3) is 0 Å². The van der Waals surface area contributed by atoms with Crippen LogP contribution in [0.25, 0.3) is 98.6 Å². The Hall–Kier alpha value is -6.12. The van der Waals surface area contributed by atoms with Gasteiger partial charge in [0.05, 0.1) is 6.26 Å². The third-order valence-electron chi connectivity index (χ3n) is 12.6. The molecule has 2 nitrogen and oxygen atoms in total. The first-order valence-corrected chi connectivity index (χ1v) is 19.2. The van der Waals surface area contributed by atoms with Gasteiger partial charge in [-0.3, -0.25) is 0 Å². The molecule has 0 spiro atoms. The number of hydrogen-bond donors (Lipinski definition) is 0. The van der Waals surface area contributed by atoms with Crippen LogP contribution in [-0.4, -0.2) is 0 Å². The zero-order chi connectivity index (χ0) is 36.3. The molecule has 2 aromatic heterocycles. The fourth-order valence-corrected chi connectivity index (χ4v) is 9.90. The van der Waals surface area contributed by atoms with Crippen LogP contribution < -0.4 is 0 Å². The lowest BCUT2D eigenvalue weighted by atomic mass is 9.61. The smallest absolute Gasteiger partial charge is 0.141 e. The minimum Gasteiger partial charge on any atom is -0.464 e. The van der Waals surface area contributed by atoms with Gasteiger partial charge in [-0.05, 0) is 132 Å². The zero-order valence-electron chi connectivity index (χ0n) is 31.1. The Morgan fingerprint density at radius 2 is 1.09 bits per heavy atom. The molecule has 0 aliphatic heterocycles. The van der Waals surface area contributed by atoms with E-state index in [1.807, 2.05) is 12.3 Å². The number of para-hydroxylation sites is 1. The van der Waals surface area contributed by atoms with Crippen molar-refractivity contribution >= 4 is 65.2 Å². The minimum absolute atomic E-state index is 0.0577. The molecule has 10 aromatic rings. The van der Waals surface area contributed by atoms with Gasteiger partial charge in [0.2, 0.25) is 0 Å². The normalized spacial score (nSPS) is 15.2. The Morgan fingerprint density at radius 1 is 0.463 bits per heavy atom. The van der Waals surface area contributed by atoms with Crippen molar-refractivity contribution in [1.82, 2.24) is 0 Å². The van der Waals surface area contributed by atoms with Crippen molar-refractivity contribution in [2.24, 2.45) is 0 Å². The summed E-state index contributed by atoms with van der Waals surface area (Å²) in [5.74, 6) is 0. The Bertz CT molecular complexity index is 3110. The van der Waals surface area contributed by atoms with Gasteiger partial charge in [0.1, 0.15) is 16.7 Å². The van der Waals surface area contributed by atoms with Crippen molar-refractivity contribution in [3.8, 4) is 33.4 Å². The molecule has 0 amide bonds. The van der Waals surface area contributed by atoms with Crippen LogP contribution >= 0.6 is 0 Å². The molecule has 0 saturated heterocycles. The second-order valence-electron chi connectivity index (χ2n) is 16.6. The van der Waals surface area contributed by atoms with Gasteiger partial charge in [-0.25, -0.2) is 0 Å². The average Bonchev–Trinajstić information content (AvgIpc) is 3.83. The molecular weight excluding hydrogens is 657 g/mol. The van der Waals surface area contributed by atoms with E-state index in [1.54, 1.807) is 0 Å². The highest BCUT2D eigenvalue weighted by Gasteiger charge is 2.39. The van der Waals surface area contributed by atoms with Crippen LogP contribution in [0.5, 0.6) is 0 Å². The van der Waals surface area contributed by atoms with E-state index in [4.69, 9.17) is 8.83 Å². The van der Waals surface area contributed by atoms with Gasteiger partial charge in [0.15, 0.2) is 0 Å². The molecule has 0 bridgehead atoms. The quantitative estimate of drug-likeness (QED) is 0.172. The first kappa shape index (κ1) is 31.4. The number of furan rings is 2. The predicted molar refractivity (Wildman–Crippen MR) is 228 cm³/mol. The standard InChI is InChI=1S/C52H40O2/c1-51(2)26-27-52(3,4)49-37(18-11-20-43(49)51)41-30-32-25-28-53-50(32)38-24-23-31(29-42(38)41)46-33-13-5-7-15-35(33)47(36-16-8-6-14-34(36)46)40-19-12-22-45-48(40)39-17-9-10-21-44(39)54-45/h5-25,28-30H,26-27H2,1-4H3. The highest BCUT2D eigenvalue weighted by molar-refractivity contribution is 6.26. The van der Waals surface area contributed by atoms with Crippen LogP contribution in [-0.2, 0) is 10.8 Å². The maximum absolute atomic E-state index is 6.40. The fourth-order valence-electron chi connectivity index (χ4n) is 9.90. The van der Waals surface area contributed by atoms with E-state index < -0.39 is 0 Å². The van der Waals surface area contributed by atoms with Crippen molar-refractivity contribution in [2.45, 2.75) is 51.4 Å². The molecule has 0 atom stereocenters. The third kappa shape index (κ3) is 4.40. The van der Waals surface area contributed by atoms with E-state index >= 15 is 0 Å². The van der Waals surface area contributed by atoms with Gasteiger partial charge in [-0.2, -0.15) is 0 Å². The van der Waals surface area contributed by atoms with Crippen molar-refractivity contribution in [3.05, 3.63) is 157 Å². The van der Waals surface area contributed by atoms with Crippen LogP contribution in [0.2, 0.25) is 0 Å². The molecule has 0 unspecified atom stereocenters. The van der Waals surface area contributed by atoms with Crippen LogP contribution in [0.4, 0.5) is 0 Å². The summed E-state index contributed by atoms with van der Waals surface area (Å²) in [6.45, 7) is 9.69. The fraction of sp³-hybridized carbons (Fsp3) is 0.154. The lowest BCUT2D eigenvalue weighted by molar-refractivity contribution is 0.333. The largest absolute Gasteiger partial charge is 0.464 e. The third-order valence-corrected chi connectivity index (χ3v) is 12.6. The predicted octanol–water partition coefficient (Wildman–Crippen LogP) is 15.1. The van der Waals surface area contributed by atoms with Crippen molar-refractivity contribution in [2.75, 3.05) is 0 Å². The summed E-state index contributed by atoms with van der Waals surface area (Å²) in [5.41, 5.74) is 13.4. The highest BCUT2D eigenvalue weighted by atomic mass is 16.3. The number of hydrogen-bond acceptors (Lipinski definition) is 2. The summed E-state index contributed by atoms with van der Waals surface area (Å²) < 4.78 is 12.6. The summed E-state index contributed by atoms with van der Waals surface area (Å²) in [6.07, 6.45) is 4.18. The second-order valence-corrected chi connectivity index (χ2v) is 16.6. The summed E-state index contributed by atoms with van der Waals surface area (Å²) in [5, 5.41) is 10.7. The summed E-state index contributed by atoms with van der Waals surface area (Å²) >= 11 is 0. The van der Waals surface area contributed by atoms with E-state index in [-0.39, 0.29) is 10.8 Å². The maximum atomic E-state index is 6.40. The number of fused-ring (bicyclic) bond motifs is 9. The Kier molecular flexibility index (Phi) is 6.51. The Balaban J connectivity index is 1.23. The molecule has 54 heavy (non-hydrogen) atoms. The van der Waals surface area contributed by atoms with E-state index in [9.17, 15) is 0 Å². The van der Waals surface area contributed by atoms with Gasteiger partial charge < -0.3 is 8.83 Å². The lowest BCUT2D eigenvalue weighted by Crippen LogP contribution is -2.34. The van der Waals surface area contributed by atoms with Crippen molar-refractivity contribution in [3.63, 3.8) is 0 Å². The topological polar surface area (TPSA) is 26.3 Å². The van der Waals surface area contributed by atoms with Gasteiger partial charge in [-0.15, -0.1) is 0 Å². The number of rotatable bonds is 3. The van der Waals surface area contributed by atoms with E-state index in [2.05, 4.69) is 161 Å². The molecule has 1 aliphatic rings. The van der Waals surface area contributed by atoms with Crippen LogP contribution in [0.3, 0.4) is 0 Å². The van der Waals surface area contributed by atoms with E-state index in [0.717, 1.165) is 44.7 Å². The zero-order valence-corrected chi connectivity index (χ0v) is 31.1. The molecule has 11 rings (SSSR count). The molecular formula is C52H40O2.